The molecule has 0 fully saturated rings. The Morgan fingerprint density at radius 3 is 2.65 bits per heavy atom. The predicted molar refractivity (Wildman–Crippen MR) is 83.4 cm³/mol. The fraction of sp³-hybridized carbons (Fsp3) is 0.0667. The third-order valence-electron chi connectivity index (χ3n) is 2.74. The highest BCUT2D eigenvalue weighted by molar-refractivity contribution is 9.10. The second-order valence-corrected chi connectivity index (χ2v) is 5.09. The lowest BCUT2D eigenvalue weighted by atomic mass is 10.1. The van der Waals surface area contributed by atoms with Gasteiger partial charge in [0.1, 0.15) is 0 Å². The number of rotatable bonds is 4. The van der Waals surface area contributed by atoms with Crippen LogP contribution in [0, 0.1) is 0 Å². The van der Waals surface area contributed by atoms with E-state index in [0.29, 0.717) is 5.69 Å². The predicted octanol–water partition coefficient (Wildman–Crippen LogP) is 3.98. The maximum absolute atomic E-state index is 11.1. The Morgan fingerprint density at radius 2 is 1.95 bits per heavy atom. The molecule has 4 nitrogen and oxygen atoms in total. The van der Waals surface area contributed by atoms with Crippen molar-refractivity contribution < 1.29 is 9.90 Å². The lowest BCUT2D eigenvalue weighted by molar-refractivity contribution is 0.0698. The van der Waals surface area contributed by atoms with Crippen LogP contribution in [0.4, 0.5) is 5.69 Å². The zero-order chi connectivity index (χ0) is 14.5. The van der Waals surface area contributed by atoms with Gasteiger partial charge < -0.3 is 5.11 Å². The molecule has 0 aliphatic rings. The van der Waals surface area contributed by atoms with Gasteiger partial charge in [0.15, 0.2) is 0 Å². The van der Waals surface area contributed by atoms with Gasteiger partial charge in [0, 0.05) is 4.47 Å². The lowest BCUT2D eigenvalue weighted by Crippen LogP contribution is -2.04. The molecule has 0 heterocycles. The molecule has 0 saturated carbocycles. The van der Waals surface area contributed by atoms with E-state index in [9.17, 15) is 4.79 Å². The molecule has 0 saturated heterocycles. The van der Waals surface area contributed by atoms with Gasteiger partial charge in [-0.15, -0.1) is 0 Å². The van der Waals surface area contributed by atoms with Gasteiger partial charge in [0.25, 0.3) is 0 Å². The molecule has 2 aromatic carbocycles. The molecule has 2 rings (SSSR count). The maximum Gasteiger partial charge on any atom is 0.337 e. The van der Waals surface area contributed by atoms with E-state index < -0.39 is 5.97 Å². The first kappa shape index (κ1) is 14.3. The number of aromatic carboxylic acids is 1. The summed E-state index contributed by atoms with van der Waals surface area (Å²) in [5, 5.41) is 13.3. The molecule has 0 bridgehead atoms. The highest BCUT2D eigenvalue weighted by Crippen LogP contribution is 2.16. The van der Waals surface area contributed by atoms with Gasteiger partial charge in [-0.1, -0.05) is 40.2 Å². The van der Waals surface area contributed by atoms with Crippen LogP contribution in [0.25, 0.3) is 0 Å². The van der Waals surface area contributed by atoms with Crippen molar-refractivity contribution in [1.82, 2.24) is 0 Å². The Labute approximate surface area is 125 Å². The monoisotopic (exact) mass is 332 g/mol. The van der Waals surface area contributed by atoms with E-state index in [1.54, 1.807) is 18.2 Å². The Morgan fingerprint density at radius 1 is 1.20 bits per heavy atom. The molecular weight excluding hydrogens is 320 g/mol. The van der Waals surface area contributed by atoms with Crippen molar-refractivity contribution in [3.63, 3.8) is 0 Å². The zero-order valence-corrected chi connectivity index (χ0v) is 12.4. The van der Waals surface area contributed by atoms with Crippen molar-refractivity contribution in [2.24, 2.45) is 5.10 Å². The summed E-state index contributed by atoms with van der Waals surface area (Å²) >= 11 is 3.40. The fourth-order valence-electron chi connectivity index (χ4n) is 1.69. The summed E-state index contributed by atoms with van der Waals surface area (Å²) in [4.78, 5) is 11.1. The van der Waals surface area contributed by atoms with Crippen LogP contribution in [0.1, 0.15) is 22.8 Å². The van der Waals surface area contributed by atoms with E-state index in [4.69, 9.17) is 5.11 Å². The van der Waals surface area contributed by atoms with Crippen LogP contribution >= 0.6 is 15.9 Å². The highest BCUT2D eigenvalue weighted by atomic mass is 79.9. The Kier molecular flexibility index (Phi) is 4.53. The lowest BCUT2D eigenvalue weighted by Gasteiger charge is -2.06. The summed E-state index contributed by atoms with van der Waals surface area (Å²) in [7, 11) is 0. The summed E-state index contributed by atoms with van der Waals surface area (Å²) in [6.45, 7) is 1.86. The first-order chi connectivity index (χ1) is 9.58. The molecule has 0 spiro atoms. The van der Waals surface area contributed by atoms with E-state index in [-0.39, 0.29) is 5.56 Å². The fourth-order valence-corrected chi connectivity index (χ4v) is 2.09. The number of nitrogens with zero attached hydrogens (tertiary/aromatic N) is 1. The van der Waals surface area contributed by atoms with Gasteiger partial charge in [0.2, 0.25) is 0 Å². The second-order valence-electron chi connectivity index (χ2n) is 4.17. The normalized spacial score (nSPS) is 11.2. The minimum Gasteiger partial charge on any atom is -0.478 e. The van der Waals surface area contributed by atoms with Crippen molar-refractivity contribution in [3.05, 3.63) is 64.1 Å². The van der Waals surface area contributed by atoms with Gasteiger partial charge >= 0.3 is 5.97 Å². The number of benzene rings is 2. The minimum absolute atomic E-state index is 0.193. The number of anilines is 1. The third kappa shape index (κ3) is 3.45. The molecular formula is C15H13BrN2O2. The number of para-hydroxylation sites is 1. The van der Waals surface area contributed by atoms with Crippen molar-refractivity contribution in [2.75, 3.05) is 5.43 Å². The summed E-state index contributed by atoms with van der Waals surface area (Å²) in [6, 6.07) is 14.4. The number of hydrazone groups is 1. The molecule has 20 heavy (non-hydrogen) atoms. The minimum atomic E-state index is -0.983. The number of nitrogens with one attached hydrogen (secondary N) is 1. The maximum atomic E-state index is 11.1. The molecule has 0 radical (unpaired) electrons. The summed E-state index contributed by atoms with van der Waals surface area (Å²) in [5.41, 5.74) is 5.19. The summed E-state index contributed by atoms with van der Waals surface area (Å²) in [5.74, 6) is -0.983. The molecule has 2 aromatic rings. The van der Waals surface area contributed by atoms with Crippen LogP contribution in [0.3, 0.4) is 0 Å². The summed E-state index contributed by atoms with van der Waals surface area (Å²) < 4.78 is 0.968. The van der Waals surface area contributed by atoms with Crippen LogP contribution in [0.2, 0.25) is 0 Å². The molecule has 2 N–H and O–H groups in total. The van der Waals surface area contributed by atoms with Crippen LogP contribution in [-0.2, 0) is 0 Å². The molecule has 0 aliphatic heterocycles. The number of hydrogen-bond donors (Lipinski definition) is 2. The zero-order valence-electron chi connectivity index (χ0n) is 10.8. The number of carboxylic acid groups (broad SMARTS) is 1. The Bertz CT molecular complexity index is 668. The molecule has 0 amide bonds. The standard InChI is InChI=1S/C15H13BrN2O2/c1-10(11-5-4-6-12(16)9-11)17-18-14-8-3-2-7-13(14)15(19)20/h2-9,18H,1H3,(H,19,20)/b17-10+. The Hall–Kier alpha value is -2.14. The average molecular weight is 333 g/mol. The van der Waals surface area contributed by atoms with Crippen LogP contribution < -0.4 is 5.43 Å². The van der Waals surface area contributed by atoms with E-state index in [2.05, 4.69) is 26.5 Å². The first-order valence-electron chi connectivity index (χ1n) is 5.96. The largest absolute Gasteiger partial charge is 0.478 e. The highest BCUT2D eigenvalue weighted by Gasteiger charge is 2.08. The van der Waals surface area contributed by atoms with Gasteiger partial charge in [-0.25, -0.2) is 4.79 Å². The first-order valence-corrected chi connectivity index (χ1v) is 6.76. The molecule has 0 aromatic heterocycles. The van der Waals surface area contributed by atoms with Gasteiger partial charge in [-0.3, -0.25) is 5.43 Å². The van der Waals surface area contributed by atoms with E-state index in [1.807, 2.05) is 31.2 Å². The van der Waals surface area contributed by atoms with Crippen LogP contribution in [0.5, 0.6) is 0 Å². The molecule has 5 heteroatoms. The molecule has 0 atom stereocenters. The third-order valence-corrected chi connectivity index (χ3v) is 3.24. The topological polar surface area (TPSA) is 61.7 Å². The smallest absolute Gasteiger partial charge is 0.337 e. The number of carbonyl (C=O) groups is 1. The van der Waals surface area contributed by atoms with Gasteiger partial charge in [-0.05, 0) is 36.8 Å². The van der Waals surface area contributed by atoms with E-state index in [1.165, 1.54) is 6.07 Å². The molecule has 0 aliphatic carbocycles. The average Bonchev–Trinajstić information content (AvgIpc) is 2.45. The van der Waals surface area contributed by atoms with Gasteiger partial charge in [-0.2, -0.15) is 5.10 Å². The van der Waals surface area contributed by atoms with Crippen molar-refractivity contribution in [2.45, 2.75) is 6.92 Å². The van der Waals surface area contributed by atoms with Crippen LogP contribution in [0.15, 0.2) is 58.1 Å². The van der Waals surface area contributed by atoms with Crippen molar-refractivity contribution in [3.8, 4) is 0 Å². The van der Waals surface area contributed by atoms with Crippen LogP contribution in [-0.4, -0.2) is 16.8 Å². The second kappa shape index (κ2) is 6.34. The number of hydrogen-bond acceptors (Lipinski definition) is 3. The van der Waals surface area contributed by atoms with Crippen molar-refractivity contribution in [1.29, 1.82) is 0 Å². The van der Waals surface area contributed by atoms with E-state index >= 15 is 0 Å². The quantitative estimate of drug-likeness (QED) is 0.657. The van der Waals surface area contributed by atoms with Crippen molar-refractivity contribution >= 4 is 33.3 Å². The van der Waals surface area contributed by atoms with Gasteiger partial charge in [0.05, 0.1) is 17.0 Å². The SMILES string of the molecule is C/C(=N\Nc1ccccc1C(=O)O)c1cccc(Br)c1. The molecule has 0 unspecified atom stereocenters. The number of halogens is 1. The summed E-state index contributed by atoms with van der Waals surface area (Å²) in [6.07, 6.45) is 0. The number of carboxylic acids is 1. The Balaban J connectivity index is 2.23. The van der Waals surface area contributed by atoms with E-state index in [0.717, 1.165) is 15.7 Å². The molecule has 102 valence electrons.